The van der Waals surface area contributed by atoms with Crippen LogP contribution in [-0.4, -0.2) is 34.0 Å². The number of carbonyl (C=O) groups is 1. The Morgan fingerprint density at radius 1 is 1.21 bits per heavy atom. The summed E-state index contributed by atoms with van der Waals surface area (Å²) in [5, 5.41) is 2.54. The highest BCUT2D eigenvalue weighted by Gasteiger charge is 2.34. The average Bonchev–Trinajstić information content (AvgIpc) is 2.66. The molecule has 2 N–H and O–H groups in total. The maximum atomic E-state index is 13.0. The molecule has 0 bridgehead atoms. The fourth-order valence-corrected chi connectivity index (χ4v) is 3.31. The summed E-state index contributed by atoms with van der Waals surface area (Å²) in [5.41, 5.74) is -1.02. The van der Waals surface area contributed by atoms with Gasteiger partial charge in [0, 0.05) is 0 Å². The van der Waals surface area contributed by atoms with Crippen LogP contribution in [0.2, 0.25) is 5.02 Å². The minimum absolute atomic E-state index is 0.0214. The number of alkyl halides is 3. The first kappa shape index (κ1) is 23.0. The molecule has 158 valence electrons. The number of hydrogen-bond acceptors (Lipinski definition) is 4. The second-order valence-electron chi connectivity index (χ2n) is 6.03. The zero-order valence-electron chi connectivity index (χ0n) is 15.4. The molecular weight excluding hydrogens is 433 g/mol. The van der Waals surface area contributed by atoms with Crippen LogP contribution in [0.15, 0.2) is 47.4 Å². The zero-order valence-corrected chi connectivity index (χ0v) is 17.0. The van der Waals surface area contributed by atoms with Gasteiger partial charge >= 0.3 is 6.18 Å². The number of hydrogen-bond donors (Lipinski definition) is 2. The third kappa shape index (κ3) is 5.84. The molecule has 0 saturated carbocycles. The average molecular weight is 451 g/mol. The number of nitrogens with one attached hydrogen (secondary N) is 2. The fraction of sp³-hybridized carbons (Fsp3) is 0.278. The number of sulfonamides is 1. The zero-order chi connectivity index (χ0) is 21.8. The molecule has 0 aliphatic rings. The van der Waals surface area contributed by atoms with Crippen LogP contribution in [0.4, 0.5) is 13.2 Å². The van der Waals surface area contributed by atoms with Crippen molar-refractivity contribution in [2.45, 2.75) is 24.0 Å². The van der Waals surface area contributed by atoms with Crippen LogP contribution in [-0.2, 0) is 16.2 Å². The normalized spacial score (nSPS) is 13.0. The van der Waals surface area contributed by atoms with Gasteiger partial charge in [-0.2, -0.15) is 13.2 Å². The van der Waals surface area contributed by atoms with Crippen LogP contribution >= 0.6 is 11.6 Å². The van der Waals surface area contributed by atoms with E-state index in [1.54, 1.807) is 0 Å². The molecule has 0 saturated heterocycles. The molecule has 29 heavy (non-hydrogen) atoms. The van der Waals surface area contributed by atoms with Crippen LogP contribution in [0, 0.1) is 0 Å². The fourth-order valence-electron chi connectivity index (χ4n) is 2.35. The van der Waals surface area contributed by atoms with Gasteiger partial charge in [-0.1, -0.05) is 23.7 Å². The van der Waals surface area contributed by atoms with E-state index in [0.29, 0.717) is 0 Å². The summed E-state index contributed by atoms with van der Waals surface area (Å²) in [6, 6.07) is 7.65. The van der Waals surface area contributed by atoms with Crippen LogP contribution < -0.4 is 14.8 Å². The van der Waals surface area contributed by atoms with Gasteiger partial charge in [0.05, 0.1) is 27.1 Å². The highest BCUT2D eigenvalue weighted by molar-refractivity contribution is 7.89. The van der Waals surface area contributed by atoms with E-state index in [9.17, 15) is 26.4 Å². The number of amides is 1. The molecule has 1 unspecified atom stereocenters. The second-order valence-corrected chi connectivity index (χ2v) is 8.32. The van der Waals surface area contributed by atoms with E-state index in [1.807, 2.05) is 0 Å². The Kier molecular flexibility index (Phi) is 7.15. The molecule has 0 aliphatic carbocycles. The van der Waals surface area contributed by atoms with Crippen molar-refractivity contribution in [3.63, 3.8) is 0 Å². The number of rotatable bonds is 7. The van der Waals surface area contributed by atoms with E-state index in [0.717, 1.165) is 12.1 Å². The SMILES string of the molecule is CNS(=O)(=O)c1ccc(Cl)c(C(=O)NC(C)COc2ccccc2C(F)(F)F)c1. The Morgan fingerprint density at radius 2 is 1.86 bits per heavy atom. The van der Waals surface area contributed by atoms with Crippen LogP contribution in [0.1, 0.15) is 22.8 Å². The van der Waals surface area contributed by atoms with E-state index in [-0.39, 0.29) is 27.8 Å². The highest BCUT2D eigenvalue weighted by atomic mass is 35.5. The third-order valence-electron chi connectivity index (χ3n) is 3.82. The molecule has 0 radical (unpaired) electrons. The third-order valence-corrected chi connectivity index (χ3v) is 5.56. The van der Waals surface area contributed by atoms with Gasteiger partial charge in [0.2, 0.25) is 10.0 Å². The molecule has 0 aromatic heterocycles. The van der Waals surface area contributed by atoms with Crippen molar-refractivity contribution in [2.24, 2.45) is 0 Å². The molecule has 0 spiro atoms. The number of halogens is 4. The van der Waals surface area contributed by atoms with Crippen molar-refractivity contribution in [3.8, 4) is 5.75 Å². The van der Waals surface area contributed by atoms with Crippen molar-refractivity contribution in [3.05, 3.63) is 58.6 Å². The summed E-state index contributed by atoms with van der Waals surface area (Å²) in [7, 11) is -2.56. The molecule has 0 heterocycles. The summed E-state index contributed by atoms with van der Waals surface area (Å²) in [6.07, 6.45) is -4.57. The van der Waals surface area contributed by atoms with Crippen molar-refractivity contribution in [2.75, 3.05) is 13.7 Å². The lowest BCUT2D eigenvalue weighted by molar-refractivity contribution is -0.139. The monoisotopic (exact) mass is 450 g/mol. The van der Waals surface area contributed by atoms with Crippen LogP contribution in [0.3, 0.4) is 0 Å². The summed E-state index contributed by atoms with van der Waals surface area (Å²) < 4.78 is 70.1. The van der Waals surface area contributed by atoms with Gasteiger partial charge in [-0.15, -0.1) is 0 Å². The topological polar surface area (TPSA) is 84.5 Å². The van der Waals surface area contributed by atoms with Crippen molar-refractivity contribution < 1.29 is 31.1 Å². The lowest BCUT2D eigenvalue weighted by Gasteiger charge is -2.18. The van der Waals surface area contributed by atoms with Gasteiger partial charge in [-0.3, -0.25) is 4.79 Å². The first-order valence-corrected chi connectivity index (χ1v) is 10.1. The standard InChI is InChI=1S/C18H18ClF3N2O4S/c1-11(10-28-16-6-4-3-5-14(16)18(20,21)22)24-17(25)13-9-12(7-8-15(13)19)29(26,27)23-2/h3-9,11,23H,10H2,1-2H3,(H,24,25). The predicted octanol–water partition coefficient (Wildman–Crippen LogP) is 3.46. The molecule has 2 aromatic carbocycles. The van der Waals surface area contributed by atoms with Crippen molar-refractivity contribution in [1.82, 2.24) is 10.0 Å². The molecule has 6 nitrogen and oxygen atoms in total. The number of para-hydroxylation sites is 1. The summed E-state index contributed by atoms with van der Waals surface area (Å²) in [6.45, 7) is 1.28. The van der Waals surface area contributed by atoms with E-state index in [1.165, 1.54) is 44.3 Å². The van der Waals surface area contributed by atoms with Crippen LogP contribution in [0.5, 0.6) is 5.75 Å². The van der Waals surface area contributed by atoms with Gasteiger partial charge in [0.1, 0.15) is 12.4 Å². The highest BCUT2D eigenvalue weighted by Crippen LogP contribution is 2.35. The smallest absolute Gasteiger partial charge is 0.419 e. The molecule has 0 aliphatic heterocycles. The molecule has 1 atom stereocenters. The van der Waals surface area contributed by atoms with Gasteiger partial charge in [-0.05, 0) is 44.3 Å². The maximum Gasteiger partial charge on any atom is 0.419 e. The number of ether oxygens (including phenoxy) is 1. The van der Waals surface area contributed by atoms with E-state index in [4.69, 9.17) is 16.3 Å². The van der Waals surface area contributed by atoms with Gasteiger partial charge in [0.15, 0.2) is 0 Å². The summed E-state index contributed by atoms with van der Waals surface area (Å²) >= 11 is 5.98. The van der Waals surface area contributed by atoms with Gasteiger partial charge in [0.25, 0.3) is 5.91 Å². The summed E-state index contributed by atoms with van der Waals surface area (Å²) in [4.78, 5) is 12.3. The van der Waals surface area contributed by atoms with Gasteiger partial charge < -0.3 is 10.1 Å². The first-order valence-electron chi connectivity index (χ1n) is 8.28. The molecule has 0 fully saturated rings. The lowest BCUT2D eigenvalue weighted by atomic mass is 10.2. The largest absolute Gasteiger partial charge is 0.491 e. The molecule has 11 heteroatoms. The Balaban J connectivity index is 2.10. The second kappa shape index (κ2) is 9.02. The lowest BCUT2D eigenvalue weighted by Crippen LogP contribution is -2.37. The molecule has 2 aromatic rings. The Labute approximate surface area is 171 Å². The van der Waals surface area contributed by atoms with Gasteiger partial charge in [-0.25, -0.2) is 13.1 Å². The molecule has 2 rings (SSSR count). The quantitative estimate of drug-likeness (QED) is 0.676. The minimum Gasteiger partial charge on any atom is -0.491 e. The maximum absolute atomic E-state index is 13.0. The molecule has 1 amide bonds. The number of benzene rings is 2. The predicted molar refractivity (Wildman–Crippen MR) is 102 cm³/mol. The first-order chi connectivity index (χ1) is 13.5. The Hall–Kier alpha value is -2.30. The van der Waals surface area contributed by atoms with E-state index >= 15 is 0 Å². The Bertz CT molecular complexity index is 997. The van der Waals surface area contributed by atoms with Crippen molar-refractivity contribution in [1.29, 1.82) is 0 Å². The summed E-state index contributed by atoms with van der Waals surface area (Å²) in [5.74, 6) is -1.05. The minimum atomic E-state index is -4.57. The van der Waals surface area contributed by atoms with E-state index in [2.05, 4.69) is 10.0 Å². The van der Waals surface area contributed by atoms with Crippen LogP contribution in [0.25, 0.3) is 0 Å². The number of carbonyl (C=O) groups excluding carboxylic acids is 1. The molecular formula is C18H18ClF3N2O4S. The van der Waals surface area contributed by atoms with Crippen molar-refractivity contribution >= 4 is 27.5 Å². The van der Waals surface area contributed by atoms with E-state index < -0.39 is 33.7 Å². The Morgan fingerprint density at radius 3 is 2.48 bits per heavy atom.